The summed E-state index contributed by atoms with van der Waals surface area (Å²) in [5, 5.41) is 3.44. The molecular formula is C13H19ClFNO. The highest BCUT2D eigenvalue weighted by Crippen LogP contribution is 2.22. The van der Waals surface area contributed by atoms with Crippen molar-refractivity contribution in [2.24, 2.45) is 0 Å². The van der Waals surface area contributed by atoms with Gasteiger partial charge in [-0.2, -0.15) is 0 Å². The van der Waals surface area contributed by atoms with Gasteiger partial charge in [-0.05, 0) is 40.0 Å². The Morgan fingerprint density at radius 1 is 1.41 bits per heavy atom. The largest absolute Gasteiger partial charge is 0.374 e. The molecule has 2 nitrogen and oxygen atoms in total. The van der Waals surface area contributed by atoms with Gasteiger partial charge in [-0.3, -0.25) is 0 Å². The SMILES string of the molecule is CNC(COC(C)(C)C)c1ccc(Cl)cc1F. The number of halogens is 2. The molecule has 0 saturated heterocycles. The summed E-state index contributed by atoms with van der Waals surface area (Å²) in [5.41, 5.74) is 0.332. The van der Waals surface area contributed by atoms with Crippen LogP contribution >= 0.6 is 11.6 Å². The molecular weight excluding hydrogens is 241 g/mol. The summed E-state index contributed by atoms with van der Waals surface area (Å²) in [6.45, 7) is 6.33. The van der Waals surface area contributed by atoms with Gasteiger partial charge in [0.2, 0.25) is 0 Å². The molecule has 4 heteroatoms. The van der Waals surface area contributed by atoms with Crippen LogP contribution in [0.5, 0.6) is 0 Å². The van der Waals surface area contributed by atoms with Gasteiger partial charge in [0, 0.05) is 10.6 Å². The van der Waals surface area contributed by atoms with Gasteiger partial charge in [0.15, 0.2) is 0 Å². The van der Waals surface area contributed by atoms with Crippen LogP contribution in [-0.4, -0.2) is 19.3 Å². The summed E-state index contributed by atoms with van der Waals surface area (Å²) in [5.74, 6) is -0.311. The van der Waals surface area contributed by atoms with Gasteiger partial charge in [-0.15, -0.1) is 0 Å². The van der Waals surface area contributed by atoms with Crippen molar-refractivity contribution in [2.45, 2.75) is 32.4 Å². The van der Waals surface area contributed by atoms with E-state index in [1.54, 1.807) is 19.2 Å². The van der Waals surface area contributed by atoms with Crippen LogP contribution in [0.3, 0.4) is 0 Å². The smallest absolute Gasteiger partial charge is 0.129 e. The van der Waals surface area contributed by atoms with Crippen molar-refractivity contribution in [3.8, 4) is 0 Å². The summed E-state index contributed by atoms with van der Waals surface area (Å²) in [7, 11) is 1.78. The zero-order valence-corrected chi connectivity index (χ0v) is 11.4. The van der Waals surface area contributed by atoms with Gasteiger partial charge in [0.05, 0.1) is 18.2 Å². The molecule has 1 rings (SSSR count). The van der Waals surface area contributed by atoms with E-state index in [-0.39, 0.29) is 17.5 Å². The van der Waals surface area contributed by atoms with Crippen LogP contribution in [0, 0.1) is 5.82 Å². The highest BCUT2D eigenvalue weighted by atomic mass is 35.5. The first-order chi connectivity index (χ1) is 7.83. The molecule has 1 unspecified atom stereocenters. The average molecular weight is 260 g/mol. The highest BCUT2D eigenvalue weighted by Gasteiger charge is 2.18. The predicted molar refractivity (Wildman–Crippen MR) is 68.9 cm³/mol. The number of hydrogen-bond acceptors (Lipinski definition) is 2. The number of benzene rings is 1. The maximum Gasteiger partial charge on any atom is 0.129 e. The molecule has 0 aliphatic heterocycles. The number of ether oxygens (including phenoxy) is 1. The van der Waals surface area contributed by atoms with E-state index in [1.807, 2.05) is 20.8 Å². The first-order valence-corrected chi connectivity index (χ1v) is 5.97. The summed E-state index contributed by atoms with van der Waals surface area (Å²) >= 11 is 5.72. The number of likely N-dealkylation sites (N-methyl/N-ethyl adjacent to an activating group) is 1. The maximum absolute atomic E-state index is 13.7. The van der Waals surface area contributed by atoms with Crippen LogP contribution in [0.4, 0.5) is 4.39 Å². The molecule has 0 aliphatic rings. The van der Waals surface area contributed by atoms with Gasteiger partial charge in [-0.1, -0.05) is 17.7 Å². The van der Waals surface area contributed by atoms with E-state index >= 15 is 0 Å². The normalized spacial score (nSPS) is 13.8. The van der Waals surface area contributed by atoms with Crippen molar-refractivity contribution >= 4 is 11.6 Å². The van der Waals surface area contributed by atoms with Crippen LogP contribution in [-0.2, 0) is 4.74 Å². The second kappa shape index (κ2) is 5.80. The molecule has 0 spiro atoms. The second-order valence-electron chi connectivity index (χ2n) is 4.93. The zero-order valence-electron chi connectivity index (χ0n) is 10.7. The van der Waals surface area contributed by atoms with Crippen molar-refractivity contribution in [2.75, 3.05) is 13.7 Å². The first kappa shape index (κ1) is 14.4. The third-order valence-electron chi connectivity index (χ3n) is 2.37. The van der Waals surface area contributed by atoms with Gasteiger partial charge in [-0.25, -0.2) is 4.39 Å². The van der Waals surface area contributed by atoms with Gasteiger partial charge in [0.1, 0.15) is 5.82 Å². The summed E-state index contributed by atoms with van der Waals surface area (Å²) < 4.78 is 19.4. The fraction of sp³-hybridized carbons (Fsp3) is 0.538. The van der Waals surface area contributed by atoms with Crippen molar-refractivity contribution in [3.63, 3.8) is 0 Å². The molecule has 0 aliphatic carbocycles. The molecule has 0 amide bonds. The van der Waals surface area contributed by atoms with E-state index in [0.717, 1.165) is 0 Å². The Bertz CT molecular complexity index is 376. The Morgan fingerprint density at radius 3 is 2.53 bits per heavy atom. The third kappa shape index (κ3) is 4.62. The molecule has 1 aromatic carbocycles. The van der Waals surface area contributed by atoms with Crippen molar-refractivity contribution in [1.82, 2.24) is 5.32 Å². The minimum atomic E-state index is -0.311. The Morgan fingerprint density at radius 2 is 2.06 bits per heavy atom. The van der Waals surface area contributed by atoms with Crippen LogP contribution in [0.15, 0.2) is 18.2 Å². The Labute approximate surface area is 107 Å². The van der Waals surface area contributed by atoms with Crippen LogP contribution in [0.2, 0.25) is 5.02 Å². The molecule has 0 fully saturated rings. The second-order valence-corrected chi connectivity index (χ2v) is 5.37. The monoisotopic (exact) mass is 259 g/mol. The number of hydrogen-bond donors (Lipinski definition) is 1. The van der Waals surface area contributed by atoms with Crippen LogP contribution in [0.25, 0.3) is 0 Å². The minimum absolute atomic E-state index is 0.175. The summed E-state index contributed by atoms with van der Waals surface area (Å²) in [6, 6.07) is 4.51. The first-order valence-electron chi connectivity index (χ1n) is 5.59. The van der Waals surface area contributed by atoms with Crippen molar-refractivity contribution < 1.29 is 9.13 Å². The highest BCUT2D eigenvalue weighted by molar-refractivity contribution is 6.30. The van der Waals surface area contributed by atoms with E-state index in [9.17, 15) is 4.39 Å². The lowest BCUT2D eigenvalue weighted by Crippen LogP contribution is -2.28. The molecule has 1 atom stereocenters. The number of rotatable bonds is 4. The minimum Gasteiger partial charge on any atom is -0.374 e. The van der Waals surface area contributed by atoms with Crippen molar-refractivity contribution in [3.05, 3.63) is 34.6 Å². The van der Waals surface area contributed by atoms with Gasteiger partial charge < -0.3 is 10.1 Å². The quantitative estimate of drug-likeness (QED) is 0.893. The summed E-state index contributed by atoms with van der Waals surface area (Å²) in [4.78, 5) is 0. The lowest BCUT2D eigenvalue weighted by Gasteiger charge is -2.24. The van der Waals surface area contributed by atoms with E-state index in [0.29, 0.717) is 17.2 Å². The van der Waals surface area contributed by atoms with Crippen molar-refractivity contribution in [1.29, 1.82) is 0 Å². The molecule has 1 aromatic rings. The standard InChI is InChI=1S/C13H19ClFNO/c1-13(2,3)17-8-12(16-4)10-6-5-9(14)7-11(10)15/h5-7,12,16H,8H2,1-4H3. The van der Waals surface area contributed by atoms with Crippen LogP contribution < -0.4 is 5.32 Å². The number of nitrogens with one attached hydrogen (secondary N) is 1. The Balaban J connectivity index is 2.79. The lowest BCUT2D eigenvalue weighted by molar-refractivity contribution is -0.0143. The summed E-state index contributed by atoms with van der Waals surface area (Å²) in [6.07, 6.45) is 0. The fourth-order valence-electron chi connectivity index (χ4n) is 1.45. The molecule has 96 valence electrons. The zero-order chi connectivity index (χ0) is 13.1. The Hall–Kier alpha value is -0.640. The third-order valence-corrected chi connectivity index (χ3v) is 2.60. The fourth-order valence-corrected chi connectivity index (χ4v) is 1.60. The molecule has 0 radical (unpaired) electrons. The van der Waals surface area contributed by atoms with Crippen LogP contribution in [0.1, 0.15) is 32.4 Å². The predicted octanol–water partition coefficient (Wildman–Crippen LogP) is 3.55. The van der Waals surface area contributed by atoms with E-state index in [1.165, 1.54) is 6.07 Å². The maximum atomic E-state index is 13.7. The molecule has 17 heavy (non-hydrogen) atoms. The van der Waals surface area contributed by atoms with E-state index in [2.05, 4.69) is 5.32 Å². The van der Waals surface area contributed by atoms with E-state index in [4.69, 9.17) is 16.3 Å². The lowest BCUT2D eigenvalue weighted by atomic mass is 10.1. The molecule has 0 aromatic heterocycles. The topological polar surface area (TPSA) is 21.3 Å². The molecule has 0 bridgehead atoms. The van der Waals surface area contributed by atoms with Gasteiger partial charge >= 0.3 is 0 Å². The van der Waals surface area contributed by atoms with Gasteiger partial charge in [0.25, 0.3) is 0 Å². The Kier molecular flexibility index (Phi) is 4.92. The van der Waals surface area contributed by atoms with E-state index < -0.39 is 0 Å². The molecule has 1 N–H and O–H groups in total. The molecule has 0 saturated carbocycles. The molecule has 0 heterocycles. The average Bonchev–Trinajstić information content (AvgIpc) is 2.19.